The second kappa shape index (κ2) is 3.16. The number of hydrogen-bond acceptors (Lipinski definition) is 1. The van der Waals surface area contributed by atoms with Crippen molar-refractivity contribution in [2.75, 3.05) is 6.06 Å². The molecule has 0 saturated carbocycles. The molecule has 0 aliphatic carbocycles. The van der Waals surface area contributed by atoms with Crippen LogP contribution in [0.1, 0.15) is 0 Å². The van der Waals surface area contributed by atoms with Crippen LogP contribution in [-0.4, -0.2) is 13.9 Å². The van der Waals surface area contributed by atoms with E-state index in [2.05, 4.69) is 0 Å². The van der Waals surface area contributed by atoms with Crippen LogP contribution in [-0.2, 0) is 4.57 Å². The van der Waals surface area contributed by atoms with Gasteiger partial charge in [0, 0.05) is 0 Å². The molecule has 0 aromatic carbocycles. The van der Waals surface area contributed by atoms with Crippen molar-refractivity contribution >= 4 is 16.3 Å². The van der Waals surface area contributed by atoms with Gasteiger partial charge in [-0.3, -0.25) is 4.57 Å². The van der Waals surface area contributed by atoms with Crippen LogP contribution in [0.25, 0.3) is 0 Å². The van der Waals surface area contributed by atoms with Crippen molar-refractivity contribution in [3.8, 4) is 0 Å². The van der Waals surface area contributed by atoms with Gasteiger partial charge in [0.1, 0.15) is 8.46 Å². The molecule has 0 atom stereocenters. The molecule has 0 bridgehead atoms. The van der Waals surface area contributed by atoms with Gasteiger partial charge < -0.3 is 0 Å². The van der Waals surface area contributed by atoms with Gasteiger partial charge in [0.15, 0.2) is 0 Å². The van der Waals surface area contributed by atoms with Gasteiger partial charge in [-0.1, -0.05) is 0 Å². The smallest absolute Gasteiger partial charge is 0.145 e. The largest absolute Gasteiger partial charge is 0.276 e. The van der Waals surface area contributed by atoms with Gasteiger partial charge in [-0.25, -0.2) is 0 Å². The Kier molecular flexibility index (Phi) is 3.30. The summed E-state index contributed by atoms with van der Waals surface area (Å²) in [5, 5.41) is 0. The first-order valence-corrected chi connectivity index (χ1v) is 1.90. The lowest BCUT2D eigenvalue weighted by Gasteiger charge is -1.48. The van der Waals surface area contributed by atoms with Crippen LogP contribution >= 0.6 is 8.46 Å². The Morgan fingerprint density at radius 3 is 2.25 bits per heavy atom. The Morgan fingerprint density at radius 2 is 2.25 bits per heavy atom. The van der Waals surface area contributed by atoms with Crippen LogP contribution in [0.3, 0.4) is 0 Å². The summed E-state index contributed by atoms with van der Waals surface area (Å²) in [5.74, 6) is 0. The van der Waals surface area contributed by atoms with Crippen molar-refractivity contribution in [1.29, 1.82) is 0 Å². The average molecular weight is 71.8 g/mol. The molecule has 0 aromatic rings. The van der Waals surface area contributed by atoms with Crippen LogP contribution in [0.5, 0.6) is 0 Å². The maximum atomic E-state index is 9.15. The SMILES string of the molecule is [B]CP=O. The van der Waals surface area contributed by atoms with E-state index in [-0.39, 0.29) is 14.5 Å². The highest BCUT2D eigenvalue weighted by atomic mass is 31.1. The summed E-state index contributed by atoms with van der Waals surface area (Å²) in [5.41, 5.74) is 0. The molecule has 0 aromatic heterocycles. The van der Waals surface area contributed by atoms with E-state index in [1.807, 2.05) is 0 Å². The summed E-state index contributed by atoms with van der Waals surface area (Å²) in [4.78, 5) is 0. The van der Waals surface area contributed by atoms with Crippen molar-refractivity contribution in [3.63, 3.8) is 0 Å². The zero-order valence-corrected chi connectivity index (χ0v) is 3.03. The van der Waals surface area contributed by atoms with Gasteiger partial charge in [-0.2, -0.15) is 0 Å². The fourth-order valence-corrected chi connectivity index (χ4v) is 0. The fourth-order valence-electron chi connectivity index (χ4n) is 0. The molecule has 0 saturated heterocycles. The van der Waals surface area contributed by atoms with E-state index >= 15 is 0 Å². The standard InChI is InChI=1S/CH2BOP/c2-1-4-3/h1H2. The maximum Gasteiger partial charge on any atom is 0.145 e. The zero-order chi connectivity index (χ0) is 3.41. The highest BCUT2D eigenvalue weighted by Gasteiger charge is 1.55. The summed E-state index contributed by atoms with van der Waals surface area (Å²) in [6, 6.07) is 0.236. The van der Waals surface area contributed by atoms with E-state index in [0.29, 0.717) is 0 Å². The van der Waals surface area contributed by atoms with Gasteiger partial charge in [0.05, 0.1) is 7.85 Å². The van der Waals surface area contributed by atoms with Crippen molar-refractivity contribution in [2.45, 2.75) is 0 Å². The molecule has 0 spiro atoms. The second-order valence-corrected chi connectivity index (χ2v) is 0.935. The lowest BCUT2D eigenvalue weighted by atomic mass is 10.2. The summed E-state index contributed by atoms with van der Waals surface area (Å²) in [7, 11) is 4.73. The Labute approximate surface area is 28.0 Å². The predicted octanol–water partition coefficient (Wildman–Crippen LogP) is 0.404. The molecule has 2 radical (unpaired) electrons. The van der Waals surface area contributed by atoms with Crippen molar-refractivity contribution < 1.29 is 4.57 Å². The van der Waals surface area contributed by atoms with E-state index in [0.717, 1.165) is 0 Å². The quantitative estimate of drug-likeness (QED) is 0.323. The van der Waals surface area contributed by atoms with Crippen molar-refractivity contribution in [2.24, 2.45) is 0 Å². The van der Waals surface area contributed by atoms with Crippen LogP contribution in [0.4, 0.5) is 0 Å². The van der Waals surface area contributed by atoms with Crippen LogP contribution in [0.2, 0.25) is 0 Å². The van der Waals surface area contributed by atoms with Crippen LogP contribution in [0.15, 0.2) is 0 Å². The zero-order valence-electron chi connectivity index (χ0n) is 2.14. The third-order valence-corrected chi connectivity index (χ3v) is 0.224. The van der Waals surface area contributed by atoms with Crippen LogP contribution in [0, 0.1) is 0 Å². The molecule has 20 valence electrons. The third kappa shape index (κ3) is 2.16. The molecule has 4 heavy (non-hydrogen) atoms. The summed E-state index contributed by atoms with van der Waals surface area (Å²) < 4.78 is 9.15. The van der Waals surface area contributed by atoms with Gasteiger partial charge in [0.2, 0.25) is 0 Å². The fraction of sp³-hybridized carbons (Fsp3) is 1.00. The second-order valence-electron chi connectivity index (χ2n) is 0.312. The van der Waals surface area contributed by atoms with E-state index in [4.69, 9.17) is 12.4 Å². The van der Waals surface area contributed by atoms with Crippen molar-refractivity contribution in [3.05, 3.63) is 0 Å². The molecule has 1 nitrogen and oxygen atoms in total. The first kappa shape index (κ1) is 4.16. The Balaban J connectivity index is 2.30. The average Bonchev–Trinajstić information content (AvgIpc) is 1.37. The van der Waals surface area contributed by atoms with Gasteiger partial charge in [0.25, 0.3) is 0 Å². The number of rotatable bonds is 1. The lowest BCUT2D eigenvalue weighted by Crippen LogP contribution is -1.55. The molecule has 0 aliphatic heterocycles. The summed E-state index contributed by atoms with van der Waals surface area (Å²) in [6.45, 7) is 0. The van der Waals surface area contributed by atoms with E-state index in [1.165, 1.54) is 0 Å². The normalized spacial score (nSPS) is 8.00. The molecular formula is CH2BOP. The van der Waals surface area contributed by atoms with Gasteiger partial charge >= 0.3 is 0 Å². The van der Waals surface area contributed by atoms with Gasteiger partial charge in [-0.05, 0) is 6.06 Å². The Bertz CT molecular complexity index is 22.0. The predicted molar refractivity (Wildman–Crippen MR) is 18.2 cm³/mol. The number of hydrogen-bond donors (Lipinski definition) is 0. The van der Waals surface area contributed by atoms with Gasteiger partial charge in [-0.15, -0.1) is 0 Å². The minimum Gasteiger partial charge on any atom is -0.276 e. The first-order valence-electron chi connectivity index (χ1n) is 0.907. The molecule has 0 amide bonds. The van der Waals surface area contributed by atoms with E-state index in [1.54, 1.807) is 0 Å². The molecule has 0 fully saturated rings. The minimum absolute atomic E-state index is 0.0262. The molecule has 0 rings (SSSR count). The highest BCUT2D eigenvalue weighted by molar-refractivity contribution is 7.26. The van der Waals surface area contributed by atoms with Crippen molar-refractivity contribution in [1.82, 2.24) is 0 Å². The van der Waals surface area contributed by atoms with E-state index < -0.39 is 0 Å². The minimum atomic E-state index is 0.0262. The summed E-state index contributed by atoms with van der Waals surface area (Å²) >= 11 is 0. The first-order chi connectivity index (χ1) is 1.91. The molecule has 0 aliphatic rings. The molecule has 0 unspecified atom stereocenters. The molecule has 0 N–H and O–H groups in total. The Hall–Kier alpha value is 0.165. The monoisotopic (exact) mass is 72.0 g/mol. The highest BCUT2D eigenvalue weighted by Crippen LogP contribution is 1.78. The molecule has 3 heteroatoms. The third-order valence-electron chi connectivity index (χ3n) is 0.0745. The Morgan fingerprint density at radius 1 is 2.00 bits per heavy atom. The van der Waals surface area contributed by atoms with E-state index in [9.17, 15) is 0 Å². The lowest BCUT2D eigenvalue weighted by molar-refractivity contribution is 0.601. The maximum absolute atomic E-state index is 9.15. The molecule has 0 heterocycles. The summed E-state index contributed by atoms with van der Waals surface area (Å²) in [6.07, 6.45) is 0. The topological polar surface area (TPSA) is 17.1 Å². The van der Waals surface area contributed by atoms with Crippen LogP contribution < -0.4 is 0 Å². The molecular weight excluding hydrogens is 69.8 g/mol.